The summed E-state index contributed by atoms with van der Waals surface area (Å²) in [5.74, 6) is 0.705. The van der Waals surface area contributed by atoms with Crippen LogP contribution in [0.3, 0.4) is 0 Å². The molecule has 1 aromatic carbocycles. The number of rotatable bonds is 3. The molecule has 5 nitrogen and oxygen atoms in total. The Morgan fingerprint density at radius 2 is 2.00 bits per heavy atom. The Hall–Kier alpha value is -2.59. The van der Waals surface area contributed by atoms with E-state index in [4.69, 9.17) is 17.3 Å². The smallest absolute Gasteiger partial charge is 0.296 e. The van der Waals surface area contributed by atoms with Crippen molar-refractivity contribution in [1.82, 2.24) is 10.3 Å². The lowest BCUT2D eigenvalue weighted by Crippen LogP contribution is -2.37. The standard InChI is InChI=1S/C20H20ClF2N3O2/c1-3-5-12(27)26-11-7-4-6-10(8-11)13-14-16(21)9(2)25-19(14)15(20(24)28)18(23)17(13)22/h10-11,25H,4,6-8H2,1-2H3,(H2,24,28)(H,26,27). The molecule has 0 radical (unpaired) electrons. The third-order valence-electron chi connectivity index (χ3n) is 5.18. The molecule has 2 atom stereocenters. The SMILES string of the molecule is CC#CC(=O)NC1CCCC(c2c(F)c(F)c(C(N)=O)c3[nH]c(C)c(Cl)c23)C1. The Morgan fingerprint density at radius 1 is 1.29 bits per heavy atom. The molecule has 8 heteroatoms. The summed E-state index contributed by atoms with van der Waals surface area (Å²) in [6, 6.07) is -0.209. The molecule has 4 N–H and O–H groups in total. The van der Waals surface area contributed by atoms with E-state index < -0.39 is 29.0 Å². The van der Waals surface area contributed by atoms with Crippen LogP contribution in [-0.4, -0.2) is 22.8 Å². The Kier molecular flexibility index (Phi) is 5.61. The topological polar surface area (TPSA) is 88.0 Å². The average molecular weight is 408 g/mol. The number of aryl methyl sites for hydroxylation is 1. The zero-order chi connectivity index (χ0) is 20.6. The number of benzene rings is 1. The van der Waals surface area contributed by atoms with Gasteiger partial charge in [-0.1, -0.05) is 23.9 Å². The fraction of sp³-hybridized carbons (Fsp3) is 0.400. The highest BCUT2D eigenvalue weighted by Crippen LogP contribution is 2.43. The summed E-state index contributed by atoms with van der Waals surface area (Å²) in [6.45, 7) is 3.22. The Labute approximate surface area is 166 Å². The summed E-state index contributed by atoms with van der Waals surface area (Å²) in [6.07, 6.45) is 2.46. The summed E-state index contributed by atoms with van der Waals surface area (Å²) in [4.78, 5) is 26.3. The van der Waals surface area contributed by atoms with Gasteiger partial charge in [-0.3, -0.25) is 9.59 Å². The molecule has 28 heavy (non-hydrogen) atoms. The predicted molar refractivity (Wildman–Crippen MR) is 103 cm³/mol. The molecule has 3 rings (SSSR count). The first-order valence-corrected chi connectivity index (χ1v) is 9.35. The molecule has 2 aromatic rings. The van der Waals surface area contributed by atoms with Crippen LogP contribution in [0.5, 0.6) is 0 Å². The first-order chi connectivity index (χ1) is 13.3. The number of nitrogens with one attached hydrogen (secondary N) is 2. The lowest BCUT2D eigenvalue weighted by molar-refractivity contribution is -0.116. The maximum Gasteiger partial charge on any atom is 0.296 e. The maximum absolute atomic E-state index is 15.1. The molecule has 1 aliphatic rings. The van der Waals surface area contributed by atoms with E-state index in [1.165, 1.54) is 0 Å². The van der Waals surface area contributed by atoms with Crippen LogP contribution in [0.2, 0.25) is 5.02 Å². The van der Waals surface area contributed by atoms with Crippen LogP contribution in [-0.2, 0) is 4.79 Å². The van der Waals surface area contributed by atoms with Gasteiger partial charge in [0.2, 0.25) is 0 Å². The van der Waals surface area contributed by atoms with Crippen molar-refractivity contribution in [3.8, 4) is 11.8 Å². The van der Waals surface area contributed by atoms with Gasteiger partial charge in [-0.05, 0) is 44.9 Å². The molecule has 2 amide bonds. The van der Waals surface area contributed by atoms with Crippen molar-refractivity contribution in [3.63, 3.8) is 0 Å². The highest BCUT2D eigenvalue weighted by atomic mass is 35.5. The normalized spacial score (nSPS) is 19.2. The van der Waals surface area contributed by atoms with E-state index in [-0.39, 0.29) is 33.4 Å². The van der Waals surface area contributed by atoms with Gasteiger partial charge in [0.05, 0.1) is 10.5 Å². The zero-order valence-electron chi connectivity index (χ0n) is 15.5. The molecular formula is C20H20ClF2N3O2. The Bertz CT molecular complexity index is 1040. The first-order valence-electron chi connectivity index (χ1n) is 8.97. The van der Waals surface area contributed by atoms with Crippen LogP contribution < -0.4 is 11.1 Å². The molecule has 1 aromatic heterocycles. The quantitative estimate of drug-likeness (QED) is 0.678. The van der Waals surface area contributed by atoms with Crippen molar-refractivity contribution in [2.45, 2.75) is 51.5 Å². The van der Waals surface area contributed by atoms with E-state index in [0.29, 0.717) is 18.5 Å². The minimum Gasteiger partial charge on any atom is -0.365 e. The summed E-state index contributed by atoms with van der Waals surface area (Å²) >= 11 is 6.37. The number of fused-ring (bicyclic) bond motifs is 1. The number of amides is 2. The second-order valence-electron chi connectivity index (χ2n) is 7.00. The second-order valence-corrected chi connectivity index (χ2v) is 7.38. The van der Waals surface area contributed by atoms with Crippen molar-refractivity contribution in [2.75, 3.05) is 0 Å². The Balaban J connectivity index is 2.11. The number of aromatic amines is 1. The van der Waals surface area contributed by atoms with Crippen molar-refractivity contribution < 1.29 is 18.4 Å². The van der Waals surface area contributed by atoms with Gasteiger partial charge >= 0.3 is 0 Å². The summed E-state index contributed by atoms with van der Waals surface area (Å²) in [5.41, 5.74) is 5.45. The van der Waals surface area contributed by atoms with E-state index in [9.17, 15) is 14.0 Å². The number of halogens is 3. The number of hydrogen-bond acceptors (Lipinski definition) is 2. The van der Waals surface area contributed by atoms with Gasteiger partial charge in [0.1, 0.15) is 5.56 Å². The number of carbonyl (C=O) groups is 2. The van der Waals surface area contributed by atoms with E-state index >= 15 is 4.39 Å². The largest absolute Gasteiger partial charge is 0.365 e. The lowest BCUT2D eigenvalue weighted by atomic mass is 9.79. The summed E-state index contributed by atoms with van der Waals surface area (Å²) < 4.78 is 29.8. The van der Waals surface area contributed by atoms with Crippen molar-refractivity contribution in [1.29, 1.82) is 0 Å². The van der Waals surface area contributed by atoms with Crippen LogP contribution in [0.15, 0.2) is 0 Å². The minimum atomic E-state index is -1.28. The third-order valence-corrected chi connectivity index (χ3v) is 5.65. The van der Waals surface area contributed by atoms with Gasteiger partial charge in [0, 0.05) is 22.7 Å². The van der Waals surface area contributed by atoms with Gasteiger partial charge in [-0.15, -0.1) is 0 Å². The molecule has 0 aliphatic heterocycles. The zero-order valence-corrected chi connectivity index (χ0v) is 16.3. The number of hydrogen-bond donors (Lipinski definition) is 3. The van der Waals surface area contributed by atoms with E-state index in [0.717, 1.165) is 12.8 Å². The van der Waals surface area contributed by atoms with Crippen molar-refractivity contribution in [2.24, 2.45) is 5.73 Å². The number of H-pyrrole nitrogens is 1. The lowest BCUT2D eigenvalue weighted by Gasteiger charge is -2.30. The minimum absolute atomic E-state index is 0.104. The predicted octanol–water partition coefficient (Wildman–Crippen LogP) is 3.67. The molecule has 1 heterocycles. The van der Waals surface area contributed by atoms with Crippen molar-refractivity contribution in [3.05, 3.63) is 33.5 Å². The van der Waals surface area contributed by atoms with Crippen LogP contribution in [0.25, 0.3) is 10.9 Å². The maximum atomic E-state index is 15.1. The van der Waals surface area contributed by atoms with Gasteiger partial charge in [-0.25, -0.2) is 8.78 Å². The molecule has 0 bridgehead atoms. The van der Waals surface area contributed by atoms with Crippen LogP contribution >= 0.6 is 11.6 Å². The fourth-order valence-corrected chi connectivity index (χ4v) is 4.27. The van der Waals surface area contributed by atoms with Crippen LogP contribution in [0, 0.1) is 30.4 Å². The number of nitrogens with two attached hydrogens (primary N) is 1. The molecule has 0 saturated heterocycles. The number of carbonyl (C=O) groups excluding carboxylic acids is 2. The van der Waals surface area contributed by atoms with Gasteiger partial charge < -0.3 is 16.0 Å². The third kappa shape index (κ3) is 3.45. The van der Waals surface area contributed by atoms with Gasteiger partial charge in [0.15, 0.2) is 11.6 Å². The monoisotopic (exact) mass is 407 g/mol. The molecule has 2 unspecified atom stereocenters. The molecular weight excluding hydrogens is 388 g/mol. The Morgan fingerprint density at radius 3 is 2.64 bits per heavy atom. The van der Waals surface area contributed by atoms with E-state index in [1.54, 1.807) is 13.8 Å². The van der Waals surface area contributed by atoms with Crippen LogP contribution in [0.1, 0.15) is 60.1 Å². The summed E-state index contributed by atoms with van der Waals surface area (Å²) in [5, 5.41) is 3.31. The van der Waals surface area contributed by atoms with Crippen LogP contribution in [0.4, 0.5) is 8.78 Å². The molecule has 1 aliphatic carbocycles. The van der Waals surface area contributed by atoms with Gasteiger partial charge in [0.25, 0.3) is 11.8 Å². The number of primary amides is 1. The van der Waals surface area contributed by atoms with E-state index in [2.05, 4.69) is 22.1 Å². The van der Waals surface area contributed by atoms with Crippen molar-refractivity contribution >= 4 is 34.3 Å². The highest BCUT2D eigenvalue weighted by Gasteiger charge is 2.33. The first kappa shape index (κ1) is 20.2. The highest BCUT2D eigenvalue weighted by molar-refractivity contribution is 6.37. The summed E-state index contributed by atoms with van der Waals surface area (Å²) in [7, 11) is 0. The van der Waals surface area contributed by atoms with Gasteiger partial charge in [-0.2, -0.15) is 0 Å². The second kappa shape index (κ2) is 7.80. The average Bonchev–Trinajstić information content (AvgIpc) is 2.91. The fourth-order valence-electron chi connectivity index (χ4n) is 4.02. The molecule has 148 valence electrons. The molecule has 1 fully saturated rings. The van der Waals surface area contributed by atoms with E-state index in [1.807, 2.05) is 0 Å². The number of aromatic nitrogens is 1. The molecule has 1 saturated carbocycles. The molecule has 0 spiro atoms.